The van der Waals surface area contributed by atoms with Crippen molar-refractivity contribution in [3.05, 3.63) is 36.5 Å². The molecule has 1 saturated heterocycles. The third-order valence-corrected chi connectivity index (χ3v) is 14.7. The normalized spacial score (nSPS) is 20.3. The number of amides is 1. The van der Waals surface area contributed by atoms with Gasteiger partial charge in [0.15, 0.2) is 6.29 Å². The van der Waals surface area contributed by atoms with Gasteiger partial charge in [-0.15, -0.1) is 0 Å². The maximum Gasteiger partial charge on any atom is 0.249 e. The second-order valence-corrected chi connectivity index (χ2v) is 21.4. The molecule has 11 nitrogen and oxygen atoms in total. The van der Waals surface area contributed by atoms with Gasteiger partial charge < -0.3 is 50.5 Å². The Bertz CT molecular complexity index is 1260. The number of carbonyl (C=O) groups is 1. The molecule has 424 valence electrons. The Morgan fingerprint density at radius 2 is 0.861 bits per heavy atom. The van der Waals surface area contributed by atoms with E-state index in [1.807, 2.05) is 0 Å². The van der Waals surface area contributed by atoms with E-state index in [0.29, 0.717) is 12.8 Å². The fourth-order valence-corrected chi connectivity index (χ4v) is 9.71. The van der Waals surface area contributed by atoms with Crippen molar-refractivity contribution in [2.75, 3.05) is 13.2 Å². The maximum atomic E-state index is 13.2. The number of nitrogens with one attached hydrogen (secondary N) is 1. The van der Waals surface area contributed by atoms with E-state index in [-0.39, 0.29) is 12.8 Å². The van der Waals surface area contributed by atoms with Crippen molar-refractivity contribution in [3.63, 3.8) is 0 Å². The van der Waals surface area contributed by atoms with Crippen LogP contribution in [0, 0.1) is 0 Å². The van der Waals surface area contributed by atoms with Crippen molar-refractivity contribution >= 4 is 5.91 Å². The number of aliphatic hydroxyl groups is 7. The van der Waals surface area contributed by atoms with Crippen LogP contribution < -0.4 is 5.32 Å². The highest BCUT2D eigenvalue weighted by Crippen LogP contribution is 2.23. The van der Waals surface area contributed by atoms with Crippen molar-refractivity contribution in [1.29, 1.82) is 0 Å². The van der Waals surface area contributed by atoms with Crippen molar-refractivity contribution in [2.24, 2.45) is 0 Å². The average Bonchev–Trinajstić information content (AvgIpc) is 3.38. The number of rotatable bonds is 52. The molecule has 11 heteroatoms. The zero-order chi connectivity index (χ0) is 52.5. The molecule has 0 aromatic carbocycles. The lowest BCUT2D eigenvalue weighted by Crippen LogP contribution is -2.60. The zero-order valence-corrected chi connectivity index (χ0v) is 46.4. The summed E-state index contributed by atoms with van der Waals surface area (Å²) in [5, 5.41) is 76.1. The molecule has 1 rings (SSSR count). The van der Waals surface area contributed by atoms with E-state index in [2.05, 4.69) is 55.6 Å². The fraction of sp³-hybridized carbons (Fsp3) is 0.885. The van der Waals surface area contributed by atoms with E-state index in [0.717, 1.165) is 64.2 Å². The fourth-order valence-electron chi connectivity index (χ4n) is 9.71. The minimum atomic E-state index is -1.67. The molecule has 9 atom stereocenters. The second-order valence-electron chi connectivity index (χ2n) is 21.4. The molecular weight excluding hydrogens is 907 g/mol. The standard InChI is InChI=1S/C61H115NO10/c1-3-5-7-9-11-13-15-17-19-21-22-23-24-25-26-27-28-29-30-31-32-33-35-36-38-40-42-44-46-48-53(64)56(66)52(51-71-61-59(69)58(68)57(67)55(50-63)72-61)62-60(70)54(65)49-47-45-43-41-39-37-34-20-18-16-14-12-10-8-6-4-2/h12,14,18,20,40,42,52-59,61,63-69H,3-11,13,15-17,19,21-39,41,43-51H2,1-2H3,(H,62,70)/b14-12-,20-18-,42-40+. The topological polar surface area (TPSA) is 189 Å². The Morgan fingerprint density at radius 1 is 0.486 bits per heavy atom. The highest BCUT2D eigenvalue weighted by atomic mass is 16.7. The molecule has 8 N–H and O–H groups in total. The van der Waals surface area contributed by atoms with Gasteiger partial charge in [0.2, 0.25) is 5.91 Å². The Balaban J connectivity index is 2.27. The summed E-state index contributed by atoms with van der Waals surface area (Å²) in [7, 11) is 0. The average molecular weight is 1020 g/mol. The summed E-state index contributed by atoms with van der Waals surface area (Å²) < 4.78 is 11.1. The zero-order valence-electron chi connectivity index (χ0n) is 46.4. The van der Waals surface area contributed by atoms with Crippen LogP contribution in [-0.2, 0) is 14.3 Å². The molecule has 0 bridgehead atoms. The second kappa shape index (κ2) is 50.2. The molecule has 1 aliphatic rings. The predicted octanol–water partition coefficient (Wildman–Crippen LogP) is 13.1. The first kappa shape index (κ1) is 68.3. The molecule has 0 saturated carbocycles. The lowest BCUT2D eigenvalue weighted by atomic mass is 9.98. The van der Waals surface area contributed by atoms with Gasteiger partial charge in [0, 0.05) is 0 Å². The molecule has 0 aliphatic carbocycles. The van der Waals surface area contributed by atoms with Gasteiger partial charge in [-0.3, -0.25) is 4.79 Å². The van der Waals surface area contributed by atoms with Crippen molar-refractivity contribution in [1.82, 2.24) is 5.32 Å². The molecule has 1 heterocycles. The maximum absolute atomic E-state index is 13.2. The van der Waals surface area contributed by atoms with E-state index >= 15 is 0 Å². The number of carbonyl (C=O) groups excluding carboxylic acids is 1. The van der Waals surface area contributed by atoms with Crippen LogP contribution in [0.15, 0.2) is 36.5 Å². The van der Waals surface area contributed by atoms with Gasteiger partial charge in [0.25, 0.3) is 0 Å². The molecule has 72 heavy (non-hydrogen) atoms. The molecule has 0 radical (unpaired) electrons. The van der Waals surface area contributed by atoms with E-state index in [1.165, 1.54) is 173 Å². The third-order valence-electron chi connectivity index (χ3n) is 14.7. The Hall–Kier alpha value is -1.67. The van der Waals surface area contributed by atoms with Crippen molar-refractivity contribution in [3.8, 4) is 0 Å². The van der Waals surface area contributed by atoms with Gasteiger partial charge in [-0.25, -0.2) is 0 Å². The Morgan fingerprint density at radius 3 is 1.31 bits per heavy atom. The van der Waals surface area contributed by atoms with Gasteiger partial charge in [-0.05, 0) is 70.6 Å². The van der Waals surface area contributed by atoms with E-state index in [1.54, 1.807) is 0 Å². The van der Waals surface area contributed by atoms with Crippen LogP contribution in [0.25, 0.3) is 0 Å². The van der Waals surface area contributed by atoms with Crippen LogP contribution in [0.3, 0.4) is 0 Å². The number of hydrogen-bond acceptors (Lipinski definition) is 10. The highest BCUT2D eigenvalue weighted by molar-refractivity contribution is 5.80. The Kier molecular flexibility index (Phi) is 47.6. The van der Waals surface area contributed by atoms with Gasteiger partial charge in [0.05, 0.1) is 25.4 Å². The van der Waals surface area contributed by atoms with Gasteiger partial charge in [-0.1, -0.05) is 243 Å². The molecule has 9 unspecified atom stereocenters. The van der Waals surface area contributed by atoms with E-state index < -0.39 is 74.2 Å². The van der Waals surface area contributed by atoms with Crippen LogP contribution in [0.4, 0.5) is 0 Å². The minimum Gasteiger partial charge on any atom is -0.394 e. The van der Waals surface area contributed by atoms with Crippen LogP contribution in [0.1, 0.15) is 277 Å². The predicted molar refractivity (Wildman–Crippen MR) is 298 cm³/mol. The number of hydrogen-bond donors (Lipinski definition) is 8. The van der Waals surface area contributed by atoms with Gasteiger partial charge in [-0.2, -0.15) is 0 Å². The highest BCUT2D eigenvalue weighted by Gasteiger charge is 2.44. The summed E-state index contributed by atoms with van der Waals surface area (Å²) >= 11 is 0. The summed E-state index contributed by atoms with van der Waals surface area (Å²) in [5.74, 6) is -0.713. The third kappa shape index (κ3) is 38.0. The van der Waals surface area contributed by atoms with Crippen LogP contribution in [0.2, 0.25) is 0 Å². The summed E-state index contributed by atoms with van der Waals surface area (Å²) in [6.07, 6.45) is 50.7. The molecule has 1 fully saturated rings. The van der Waals surface area contributed by atoms with E-state index in [4.69, 9.17) is 9.47 Å². The van der Waals surface area contributed by atoms with Crippen LogP contribution in [0.5, 0.6) is 0 Å². The first-order valence-electron chi connectivity index (χ1n) is 30.4. The molecule has 0 spiro atoms. The molecule has 0 aromatic heterocycles. The lowest BCUT2D eigenvalue weighted by Gasteiger charge is -2.40. The molecule has 1 aliphatic heterocycles. The summed E-state index contributed by atoms with van der Waals surface area (Å²) in [5.41, 5.74) is 0. The monoisotopic (exact) mass is 1020 g/mol. The minimum absolute atomic E-state index is 0.242. The van der Waals surface area contributed by atoms with E-state index in [9.17, 15) is 40.5 Å². The largest absolute Gasteiger partial charge is 0.394 e. The molecule has 1 amide bonds. The number of aliphatic hydroxyl groups excluding tert-OH is 7. The number of unbranched alkanes of at least 4 members (excludes halogenated alkanes) is 34. The van der Waals surface area contributed by atoms with Crippen LogP contribution >= 0.6 is 0 Å². The number of allylic oxidation sites excluding steroid dienone is 6. The summed E-state index contributed by atoms with van der Waals surface area (Å²) in [6.45, 7) is 3.43. The van der Waals surface area contributed by atoms with Gasteiger partial charge >= 0.3 is 0 Å². The number of ether oxygens (including phenoxy) is 2. The summed E-state index contributed by atoms with van der Waals surface area (Å²) in [4.78, 5) is 13.2. The lowest BCUT2D eigenvalue weighted by molar-refractivity contribution is -0.303. The van der Waals surface area contributed by atoms with Crippen molar-refractivity contribution in [2.45, 2.75) is 332 Å². The quantitative estimate of drug-likeness (QED) is 0.0215. The van der Waals surface area contributed by atoms with Gasteiger partial charge in [0.1, 0.15) is 36.6 Å². The smallest absolute Gasteiger partial charge is 0.249 e. The van der Waals surface area contributed by atoms with Crippen molar-refractivity contribution < 1.29 is 50.0 Å². The Labute approximate surface area is 441 Å². The van der Waals surface area contributed by atoms with Crippen LogP contribution in [-0.4, -0.2) is 110 Å². The SMILES string of the molecule is CCCCC/C=C\C/C=C\CCCCCCCCC(O)C(=O)NC(COC1OC(CO)C(O)C(O)C1O)C(O)C(O)CCC/C=C/CCCCCCCCCCCCCCCCCCCCCCCCCC. The molecule has 0 aromatic rings. The summed E-state index contributed by atoms with van der Waals surface area (Å²) in [6, 6.07) is -1.19. The first-order valence-corrected chi connectivity index (χ1v) is 30.4. The first-order chi connectivity index (χ1) is 35.2. The molecular formula is C61H115NO10.